The lowest BCUT2D eigenvalue weighted by Crippen LogP contribution is -2.48. The second-order valence-corrected chi connectivity index (χ2v) is 7.16. The van der Waals surface area contributed by atoms with Gasteiger partial charge in [-0.25, -0.2) is 0 Å². The molecule has 21 heavy (non-hydrogen) atoms. The Morgan fingerprint density at radius 3 is 2.29 bits per heavy atom. The van der Waals surface area contributed by atoms with Gasteiger partial charge in [-0.15, -0.1) is 0 Å². The van der Waals surface area contributed by atoms with Crippen LogP contribution in [0.25, 0.3) is 0 Å². The van der Waals surface area contributed by atoms with Crippen molar-refractivity contribution < 1.29 is 5.11 Å². The molecule has 0 aromatic heterocycles. The summed E-state index contributed by atoms with van der Waals surface area (Å²) in [5.74, 6) is 1.13. The Bertz CT molecular complexity index is 426. The fraction of sp³-hybridized carbons (Fsp3) is 0.684. The highest BCUT2D eigenvalue weighted by molar-refractivity contribution is 5.24. The molecule has 1 aliphatic carbocycles. The Hall–Kier alpha value is -0.860. The molecule has 2 rings (SSSR count). The van der Waals surface area contributed by atoms with Gasteiger partial charge in [0.15, 0.2) is 0 Å². The molecule has 1 aromatic carbocycles. The Labute approximate surface area is 130 Å². The zero-order valence-corrected chi connectivity index (χ0v) is 14.0. The summed E-state index contributed by atoms with van der Waals surface area (Å²) in [5, 5.41) is 14.6. The molecule has 0 spiro atoms. The molecular formula is C19H31NO. The van der Waals surface area contributed by atoms with E-state index in [2.05, 4.69) is 57.3 Å². The van der Waals surface area contributed by atoms with Crippen LogP contribution in [-0.2, 0) is 0 Å². The maximum absolute atomic E-state index is 10.8. The van der Waals surface area contributed by atoms with Crippen LogP contribution < -0.4 is 5.32 Å². The summed E-state index contributed by atoms with van der Waals surface area (Å²) in [6.45, 7) is 8.82. The third-order valence-corrected chi connectivity index (χ3v) is 5.00. The van der Waals surface area contributed by atoms with E-state index in [0.29, 0.717) is 17.9 Å². The van der Waals surface area contributed by atoms with Crippen LogP contribution in [0.2, 0.25) is 0 Å². The third-order valence-electron chi connectivity index (χ3n) is 5.00. The quantitative estimate of drug-likeness (QED) is 0.850. The average molecular weight is 289 g/mol. The normalized spacial score (nSPS) is 25.8. The summed E-state index contributed by atoms with van der Waals surface area (Å²) >= 11 is 0. The average Bonchev–Trinajstić information content (AvgIpc) is 2.46. The van der Waals surface area contributed by atoms with Gasteiger partial charge in [0.2, 0.25) is 0 Å². The molecule has 0 bridgehead atoms. The van der Waals surface area contributed by atoms with E-state index in [-0.39, 0.29) is 6.04 Å². The van der Waals surface area contributed by atoms with Gasteiger partial charge in [-0.05, 0) is 37.2 Å². The highest BCUT2D eigenvalue weighted by Gasteiger charge is 2.29. The van der Waals surface area contributed by atoms with Gasteiger partial charge < -0.3 is 10.4 Å². The second-order valence-electron chi connectivity index (χ2n) is 7.16. The summed E-state index contributed by atoms with van der Waals surface area (Å²) < 4.78 is 0. The maximum atomic E-state index is 10.8. The molecule has 4 atom stereocenters. The highest BCUT2D eigenvalue weighted by atomic mass is 16.3. The van der Waals surface area contributed by atoms with Gasteiger partial charge in [0.1, 0.15) is 0 Å². The number of hydrogen-bond acceptors (Lipinski definition) is 2. The molecule has 0 heterocycles. The van der Waals surface area contributed by atoms with Crippen LogP contribution in [0.5, 0.6) is 0 Å². The van der Waals surface area contributed by atoms with Crippen molar-refractivity contribution in [2.75, 3.05) is 0 Å². The molecule has 0 saturated heterocycles. The van der Waals surface area contributed by atoms with E-state index in [1.807, 2.05) is 0 Å². The SMILES string of the molecule is Cc1ccc(C(O)C(NC2CCCCC2C)C(C)C)cc1. The molecule has 0 radical (unpaired) electrons. The minimum Gasteiger partial charge on any atom is -0.387 e. The lowest BCUT2D eigenvalue weighted by atomic mass is 9.83. The third kappa shape index (κ3) is 4.31. The number of benzene rings is 1. The smallest absolute Gasteiger partial charge is 0.0945 e. The molecule has 1 saturated carbocycles. The number of rotatable bonds is 5. The topological polar surface area (TPSA) is 32.3 Å². The predicted octanol–water partition coefficient (Wildman–Crippen LogP) is 4.22. The van der Waals surface area contributed by atoms with Crippen LogP contribution in [-0.4, -0.2) is 17.2 Å². The van der Waals surface area contributed by atoms with E-state index < -0.39 is 6.10 Å². The molecule has 1 aliphatic rings. The Morgan fingerprint density at radius 2 is 1.71 bits per heavy atom. The monoisotopic (exact) mass is 289 g/mol. The van der Waals surface area contributed by atoms with Crippen LogP contribution in [0.4, 0.5) is 0 Å². The Morgan fingerprint density at radius 1 is 1.10 bits per heavy atom. The number of aryl methyl sites for hydroxylation is 1. The van der Waals surface area contributed by atoms with Gasteiger partial charge in [0, 0.05) is 12.1 Å². The molecule has 4 unspecified atom stereocenters. The highest BCUT2D eigenvalue weighted by Crippen LogP contribution is 2.28. The minimum absolute atomic E-state index is 0.123. The van der Waals surface area contributed by atoms with Gasteiger partial charge in [-0.2, -0.15) is 0 Å². The second kappa shape index (κ2) is 7.42. The first kappa shape index (κ1) is 16.5. The largest absolute Gasteiger partial charge is 0.387 e. The van der Waals surface area contributed by atoms with Crippen molar-refractivity contribution in [1.29, 1.82) is 0 Å². The van der Waals surface area contributed by atoms with Crippen LogP contribution >= 0.6 is 0 Å². The van der Waals surface area contributed by atoms with E-state index in [1.165, 1.54) is 31.2 Å². The molecule has 118 valence electrons. The maximum Gasteiger partial charge on any atom is 0.0945 e. The van der Waals surface area contributed by atoms with Crippen molar-refractivity contribution in [2.24, 2.45) is 11.8 Å². The zero-order valence-electron chi connectivity index (χ0n) is 14.0. The van der Waals surface area contributed by atoms with Crippen molar-refractivity contribution in [3.05, 3.63) is 35.4 Å². The molecule has 2 nitrogen and oxygen atoms in total. The van der Waals surface area contributed by atoms with Crippen molar-refractivity contribution in [1.82, 2.24) is 5.32 Å². The summed E-state index contributed by atoms with van der Waals surface area (Å²) in [6.07, 6.45) is 4.79. The summed E-state index contributed by atoms with van der Waals surface area (Å²) in [7, 11) is 0. The standard InChI is InChI=1S/C19H31NO/c1-13(2)18(20-17-8-6-5-7-15(17)4)19(21)16-11-9-14(3)10-12-16/h9-13,15,17-21H,5-8H2,1-4H3. The van der Waals surface area contributed by atoms with Crippen LogP contribution in [0.1, 0.15) is 63.7 Å². The first-order chi connectivity index (χ1) is 9.99. The van der Waals surface area contributed by atoms with Crippen molar-refractivity contribution >= 4 is 0 Å². The predicted molar refractivity (Wildman–Crippen MR) is 89.3 cm³/mol. The lowest BCUT2D eigenvalue weighted by Gasteiger charge is -2.37. The van der Waals surface area contributed by atoms with E-state index in [4.69, 9.17) is 0 Å². The molecule has 1 fully saturated rings. The fourth-order valence-electron chi connectivity index (χ4n) is 3.43. The molecule has 2 N–H and O–H groups in total. The van der Waals surface area contributed by atoms with E-state index in [9.17, 15) is 5.11 Å². The number of aliphatic hydroxyl groups excluding tert-OH is 1. The summed E-state index contributed by atoms with van der Waals surface area (Å²) in [4.78, 5) is 0. The van der Waals surface area contributed by atoms with Crippen molar-refractivity contribution in [3.63, 3.8) is 0 Å². The molecule has 0 aliphatic heterocycles. The van der Waals surface area contributed by atoms with Crippen molar-refractivity contribution in [2.45, 2.75) is 71.6 Å². The van der Waals surface area contributed by atoms with Gasteiger partial charge in [0.25, 0.3) is 0 Å². The Balaban J connectivity index is 2.08. The first-order valence-corrected chi connectivity index (χ1v) is 8.49. The number of nitrogens with one attached hydrogen (secondary N) is 1. The molecular weight excluding hydrogens is 258 g/mol. The minimum atomic E-state index is -0.431. The molecule has 1 aromatic rings. The van der Waals surface area contributed by atoms with E-state index >= 15 is 0 Å². The fourth-order valence-corrected chi connectivity index (χ4v) is 3.43. The lowest BCUT2D eigenvalue weighted by molar-refractivity contribution is 0.0862. The van der Waals surface area contributed by atoms with Gasteiger partial charge in [-0.1, -0.05) is 63.4 Å². The van der Waals surface area contributed by atoms with E-state index in [0.717, 1.165) is 5.56 Å². The molecule has 2 heteroatoms. The number of hydrogen-bond donors (Lipinski definition) is 2. The van der Waals surface area contributed by atoms with Gasteiger partial charge in [-0.3, -0.25) is 0 Å². The van der Waals surface area contributed by atoms with E-state index in [1.54, 1.807) is 0 Å². The Kier molecular flexibility index (Phi) is 5.83. The molecule has 0 amide bonds. The summed E-state index contributed by atoms with van der Waals surface area (Å²) in [5.41, 5.74) is 2.26. The zero-order chi connectivity index (χ0) is 15.4. The summed E-state index contributed by atoms with van der Waals surface area (Å²) in [6, 6.07) is 8.95. The van der Waals surface area contributed by atoms with Crippen molar-refractivity contribution in [3.8, 4) is 0 Å². The first-order valence-electron chi connectivity index (χ1n) is 8.49. The van der Waals surface area contributed by atoms with Gasteiger partial charge in [0.05, 0.1) is 6.10 Å². The van der Waals surface area contributed by atoms with Gasteiger partial charge >= 0.3 is 0 Å². The van der Waals surface area contributed by atoms with Crippen LogP contribution in [0.15, 0.2) is 24.3 Å². The number of aliphatic hydroxyl groups is 1. The van der Waals surface area contributed by atoms with Crippen LogP contribution in [0, 0.1) is 18.8 Å². The van der Waals surface area contributed by atoms with Crippen LogP contribution in [0.3, 0.4) is 0 Å².